The molecule has 0 saturated carbocycles. The standard InChI is InChI=1S/C18H20N2O2/c1-12-5-4-6-13(2)17(12)20-18(22)16-9-7-15(8-10-16)11-19-14(3)21/h4-10H,11H2,1-3H3,(H,19,21)(H,20,22). The summed E-state index contributed by atoms with van der Waals surface area (Å²) in [4.78, 5) is 23.2. The lowest BCUT2D eigenvalue weighted by Crippen LogP contribution is -2.19. The average Bonchev–Trinajstić information content (AvgIpc) is 2.49. The molecule has 2 aromatic rings. The Morgan fingerprint density at radius 1 is 0.955 bits per heavy atom. The van der Waals surface area contributed by atoms with Crippen molar-refractivity contribution in [3.63, 3.8) is 0 Å². The highest BCUT2D eigenvalue weighted by Gasteiger charge is 2.09. The highest BCUT2D eigenvalue weighted by molar-refractivity contribution is 6.05. The maximum atomic E-state index is 12.3. The van der Waals surface area contributed by atoms with Crippen LogP contribution in [-0.2, 0) is 11.3 Å². The normalized spacial score (nSPS) is 10.1. The molecule has 0 spiro atoms. The molecule has 4 heteroatoms. The summed E-state index contributed by atoms with van der Waals surface area (Å²) in [5.74, 6) is -0.208. The molecular weight excluding hydrogens is 276 g/mol. The second kappa shape index (κ2) is 6.89. The Hall–Kier alpha value is -2.62. The van der Waals surface area contributed by atoms with E-state index in [1.807, 2.05) is 44.2 Å². The van der Waals surface area contributed by atoms with Crippen molar-refractivity contribution in [1.29, 1.82) is 0 Å². The van der Waals surface area contributed by atoms with Crippen molar-refractivity contribution < 1.29 is 9.59 Å². The smallest absolute Gasteiger partial charge is 0.255 e. The third kappa shape index (κ3) is 3.95. The lowest BCUT2D eigenvalue weighted by atomic mass is 10.1. The summed E-state index contributed by atoms with van der Waals surface area (Å²) < 4.78 is 0. The van der Waals surface area contributed by atoms with Crippen LogP contribution in [-0.4, -0.2) is 11.8 Å². The van der Waals surface area contributed by atoms with Gasteiger partial charge in [0, 0.05) is 24.7 Å². The van der Waals surface area contributed by atoms with Crippen molar-refractivity contribution in [2.45, 2.75) is 27.3 Å². The molecule has 0 aliphatic rings. The second-order valence-corrected chi connectivity index (χ2v) is 5.33. The number of para-hydroxylation sites is 1. The van der Waals surface area contributed by atoms with E-state index in [2.05, 4.69) is 10.6 Å². The fourth-order valence-corrected chi connectivity index (χ4v) is 2.20. The molecule has 0 heterocycles. The molecule has 0 aliphatic heterocycles. The number of aryl methyl sites for hydroxylation is 2. The number of amides is 2. The molecule has 0 saturated heterocycles. The number of carbonyl (C=O) groups excluding carboxylic acids is 2. The van der Waals surface area contributed by atoms with Gasteiger partial charge in [0.25, 0.3) is 5.91 Å². The van der Waals surface area contributed by atoms with Crippen molar-refractivity contribution in [3.05, 3.63) is 64.7 Å². The van der Waals surface area contributed by atoms with Crippen LogP contribution in [0.15, 0.2) is 42.5 Å². The zero-order valence-electron chi connectivity index (χ0n) is 13.1. The first-order valence-corrected chi connectivity index (χ1v) is 7.18. The number of nitrogens with one attached hydrogen (secondary N) is 2. The monoisotopic (exact) mass is 296 g/mol. The molecule has 4 nitrogen and oxygen atoms in total. The molecule has 22 heavy (non-hydrogen) atoms. The van der Waals surface area contributed by atoms with Gasteiger partial charge < -0.3 is 10.6 Å². The SMILES string of the molecule is CC(=O)NCc1ccc(C(=O)Nc2c(C)cccc2C)cc1. The van der Waals surface area contributed by atoms with E-state index < -0.39 is 0 Å². The van der Waals surface area contributed by atoms with Crippen LogP contribution in [0.3, 0.4) is 0 Å². The van der Waals surface area contributed by atoms with Gasteiger partial charge >= 0.3 is 0 Å². The van der Waals surface area contributed by atoms with Gasteiger partial charge in [0.05, 0.1) is 0 Å². The fraction of sp³-hybridized carbons (Fsp3) is 0.222. The van der Waals surface area contributed by atoms with Crippen molar-refractivity contribution >= 4 is 17.5 Å². The highest BCUT2D eigenvalue weighted by Crippen LogP contribution is 2.20. The van der Waals surface area contributed by atoms with E-state index >= 15 is 0 Å². The summed E-state index contributed by atoms with van der Waals surface area (Å²) >= 11 is 0. The van der Waals surface area contributed by atoms with E-state index in [9.17, 15) is 9.59 Å². The van der Waals surface area contributed by atoms with E-state index in [1.165, 1.54) is 6.92 Å². The lowest BCUT2D eigenvalue weighted by molar-refractivity contribution is -0.119. The predicted molar refractivity (Wildman–Crippen MR) is 87.8 cm³/mol. The molecule has 114 valence electrons. The third-order valence-electron chi connectivity index (χ3n) is 3.48. The Morgan fingerprint density at radius 2 is 1.55 bits per heavy atom. The van der Waals surface area contributed by atoms with Gasteiger partial charge in [-0.2, -0.15) is 0 Å². The Bertz CT molecular complexity index is 670. The minimum atomic E-state index is -0.136. The summed E-state index contributed by atoms with van der Waals surface area (Å²) in [5.41, 5.74) is 4.48. The Labute approximate surface area is 130 Å². The molecule has 0 aliphatic carbocycles. The van der Waals surface area contributed by atoms with Gasteiger partial charge in [-0.25, -0.2) is 0 Å². The maximum absolute atomic E-state index is 12.3. The number of rotatable bonds is 4. The van der Waals surface area contributed by atoms with Crippen molar-refractivity contribution in [2.75, 3.05) is 5.32 Å². The minimum absolute atomic E-state index is 0.0724. The van der Waals surface area contributed by atoms with Gasteiger partial charge in [-0.3, -0.25) is 9.59 Å². The van der Waals surface area contributed by atoms with Crippen LogP contribution < -0.4 is 10.6 Å². The Balaban J connectivity index is 2.08. The Kier molecular flexibility index (Phi) is 4.94. The summed E-state index contributed by atoms with van der Waals surface area (Å²) in [7, 11) is 0. The summed E-state index contributed by atoms with van der Waals surface area (Å²) in [6.07, 6.45) is 0. The number of benzene rings is 2. The minimum Gasteiger partial charge on any atom is -0.352 e. The first-order valence-electron chi connectivity index (χ1n) is 7.18. The van der Waals surface area contributed by atoms with Crippen LogP contribution in [0, 0.1) is 13.8 Å². The second-order valence-electron chi connectivity index (χ2n) is 5.33. The van der Waals surface area contributed by atoms with E-state index in [0.29, 0.717) is 12.1 Å². The van der Waals surface area contributed by atoms with Gasteiger partial charge in [0.15, 0.2) is 0 Å². The Morgan fingerprint density at radius 3 is 2.09 bits per heavy atom. The zero-order valence-corrected chi connectivity index (χ0v) is 13.1. The van der Waals surface area contributed by atoms with Crippen LogP contribution in [0.2, 0.25) is 0 Å². The molecule has 2 aromatic carbocycles. The van der Waals surface area contributed by atoms with Crippen LogP contribution >= 0.6 is 0 Å². The third-order valence-corrected chi connectivity index (χ3v) is 3.48. The van der Waals surface area contributed by atoms with Crippen molar-refractivity contribution in [1.82, 2.24) is 5.32 Å². The van der Waals surface area contributed by atoms with E-state index in [4.69, 9.17) is 0 Å². The van der Waals surface area contributed by atoms with Crippen LogP contribution in [0.5, 0.6) is 0 Å². The lowest BCUT2D eigenvalue weighted by Gasteiger charge is -2.11. The molecule has 0 atom stereocenters. The van der Waals surface area contributed by atoms with Crippen LogP contribution in [0.1, 0.15) is 34.0 Å². The van der Waals surface area contributed by atoms with Gasteiger partial charge in [-0.05, 0) is 42.7 Å². The average molecular weight is 296 g/mol. The van der Waals surface area contributed by atoms with Gasteiger partial charge in [0.2, 0.25) is 5.91 Å². The highest BCUT2D eigenvalue weighted by atomic mass is 16.2. The number of anilines is 1. The molecule has 0 radical (unpaired) electrons. The quantitative estimate of drug-likeness (QED) is 0.910. The maximum Gasteiger partial charge on any atom is 0.255 e. The molecular formula is C18H20N2O2. The molecule has 0 unspecified atom stereocenters. The predicted octanol–water partition coefficient (Wildman–Crippen LogP) is 3.19. The first kappa shape index (κ1) is 15.8. The molecule has 0 aromatic heterocycles. The largest absolute Gasteiger partial charge is 0.352 e. The van der Waals surface area contributed by atoms with Gasteiger partial charge in [-0.1, -0.05) is 30.3 Å². The zero-order chi connectivity index (χ0) is 16.1. The summed E-state index contributed by atoms with van der Waals surface area (Å²) in [5, 5.41) is 5.68. The van der Waals surface area contributed by atoms with Crippen LogP contribution in [0.4, 0.5) is 5.69 Å². The number of hydrogen-bond donors (Lipinski definition) is 2. The van der Waals surface area contributed by atoms with E-state index in [0.717, 1.165) is 22.4 Å². The number of carbonyl (C=O) groups is 2. The van der Waals surface area contributed by atoms with Gasteiger partial charge in [-0.15, -0.1) is 0 Å². The van der Waals surface area contributed by atoms with E-state index in [1.54, 1.807) is 12.1 Å². The summed E-state index contributed by atoms with van der Waals surface area (Å²) in [6.45, 7) is 5.89. The molecule has 2 rings (SSSR count). The fourth-order valence-electron chi connectivity index (χ4n) is 2.20. The summed E-state index contributed by atoms with van der Waals surface area (Å²) in [6, 6.07) is 13.1. The van der Waals surface area contributed by atoms with Crippen molar-refractivity contribution in [2.24, 2.45) is 0 Å². The van der Waals surface area contributed by atoms with Gasteiger partial charge in [0.1, 0.15) is 0 Å². The van der Waals surface area contributed by atoms with E-state index in [-0.39, 0.29) is 11.8 Å². The number of hydrogen-bond acceptors (Lipinski definition) is 2. The van der Waals surface area contributed by atoms with Crippen LogP contribution in [0.25, 0.3) is 0 Å². The van der Waals surface area contributed by atoms with Crippen molar-refractivity contribution in [3.8, 4) is 0 Å². The first-order chi connectivity index (χ1) is 10.5. The molecule has 2 N–H and O–H groups in total. The molecule has 0 bridgehead atoms. The topological polar surface area (TPSA) is 58.2 Å². The molecule has 2 amide bonds. The molecule has 0 fully saturated rings.